The molecule has 0 radical (unpaired) electrons. The van der Waals surface area contributed by atoms with E-state index in [0.29, 0.717) is 5.56 Å². The maximum absolute atomic E-state index is 12.3. The summed E-state index contributed by atoms with van der Waals surface area (Å²) in [7, 11) is 1.63. The van der Waals surface area contributed by atoms with Gasteiger partial charge < -0.3 is 10.0 Å². The first-order valence-electron chi connectivity index (χ1n) is 5.95. The van der Waals surface area contributed by atoms with Gasteiger partial charge in [0.15, 0.2) is 0 Å². The summed E-state index contributed by atoms with van der Waals surface area (Å²) in [5.41, 5.74) is 0.640. The molecule has 100 valence electrons. The van der Waals surface area contributed by atoms with Crippen LogP contribution in [0.1, 0.15) is 17.3 Å². The Morgan fingerprint density at radius 1 is 1.37 bits per heavy atom. The van der Waals surface area contributed by atoms with Crippen molar-refractivity contribution in [1.29, 1.82) is 0 Å². The van der Waals surface area contributed by atoms with E-state index in [2.05, 4.69) is 0 Å². The SMILES string of the molecule is CC(CN(C)C(=O)c1csc2ccccc12)C(=O)O. The molecule has 0 bridgehead atoms. The smallest absolute Gasteiger partial charge is 0.308 e. The molecule has 0 aliphatic heterocycles. The Kier molecular flexibility index (Phi) is 3.85. The zero-order valence-electron chi connectivity index (χ0n) is 10.8. The molecule has 0 spiro atoms. The predicted molar refractivity (Wildman–Crippen MR) is 75.6 cm³/mol. The Bertz CT molecular complexity index is 620. The summed E-state index contributed by atoms with van der Waals surface area (Å²) >= 11 is 1.52. The summed E-state index contributed by atoms with van der Waals surface area (Å²) < 4.78 is 1.06. The van der Waals surface area contributed by atoms with Gasteiger partial charge in [0, 0.05) is 29.1 Å². The van der Waals surface area contributed by atoms with E-state index in [1.165, 1.54) is 16.2 Å². The van der Waals surface area contributed by atoms with E-state index < -0.39 is 11.9 Å². The molecule has 19 heavy (non-hydrogen) atoms. The predicted octanol–water partition coefficient (Wildman–Crippen LogP) is 2.69. The lowest BCUT2D eigenvalue weighted by Gasteiger charge is -2.19. The van der Waals surface area contributed by atoms with Crippen LogP contribution < -0.4 is 0 Å². The number of hydrogen-bond acceptors (Lipinski definition) is 3. The highest BCUT2D eigenvalue weighted by Gasteiger charge is 2.20. The highest BCUT2D eigenvalue weighted by atomic mass is 32.1. The number of carbonyl (C=O) groups is 2. The molecule has 1 atom stereocenters. The largest absolute Gasteiger partial charge is 0.481 e. The topological polar surface area (TPSA) is 57.6 Å². The third kappa shape index (κ3) is 2.76. The molecule has 0 aliphatic carbocycles. The van der Waals surface area contributed by atoms with Crippen molar-refractivity contribution in [2.75, 3.05) is 13.6 Å². The molecule has 0 aliphatic rings. The van der Waals surface area contributed by atoms with Gasteiger partial charge in [0.2, 0.25) is 0 Å². The van der Waals surface area contributed by atoms with Crippen LogP contribution in [0, 0.1) is 5.92 Å². The molecule has 1 N–H and O–H groups in total. The van der Waals surface area contributed by atoms with Gasteiger partial charge in [-0.1, -0.05) is 25.1 Å². The Morgan fingerprint density at radius 3 is 2.74 bits per heavy atom. The van der Waals surface area contributed by atoms with Crippen molar-refractivity contribution < 1.29 is 14.7 Å². The van der Waals surface area contributed by atoms with Crippen molar-refractivity contribution in [3.05, 3.63) is 35.2 Å². The maximum atomic E-state index is 12.3. The Balaban J connectivity index is 2.22. The monoisotopic (exact) mass is 277 g/mol. The van der Waals surface area contributed by atoms with Crippen molar-refractivity contribution in [1.82, 2.24) is 4.90 Å². The summed E-state index contributed by atoms with van der Waals surface area (Å²) in [5.74, 6) is -1.60. The van der Waals surface area contributed by atoms with E-state index in [0.717, 1.165) is 10.1 Å². The van der Waals surface area contributed by atoms with Crippen molar-refractivity contribution in [3.63, 3.8) is 0 Å². The molecule has 0 saturated heterocycles. The van der Waals surface area contributed by atoms with Gasteiger partial charge in [-0.15, -0.1) is 11.3 Å². The van der Waals surface area contributed by atoms with Crippen LogP contribution in [0.4, 0.5) is 0 Å². The van der Waals surface area contributed by atoms with Gasteiger partial charge in [0.1, 0.15) is 0 Å². The van der Waals surface area contributed by atoms with Crippen molar-refractivity contribution in [2.45, 2.75) is 6.92 Å². The zero-order valence-corrected chi connectivity index (χ0v) is 11.6. The van der Waals surface area contributed by atoms with Crippen LogP contribution in [0.2, 0.25) is 0 Å². The highest BCUT2D eigenvalue weighted by Crippen LogP contribution is 2.26. The van der Waals surface area contributed by atoms with Crippen LogP contribution in [-0.4, -0.2) is 35.5 Å². The summed E-state index contributed by atoms with van der Waals surface area (Å²) in [4.78, 5) is 24.6. The first kappa shape index (κ1) is 13.5. The molecule has 5 heteroatoms. The molecule has 1 heterocycles. The molecule has 1 unspecified atom stereocenters. The average Bonchev–Trinajstić information content (AvgIpc) is 2.81. The minimum atomic E-state index is -0.894. The second-order valence-corrected chi connectivity index (χ2v) is 5.48. The van der Waals surface area contributed by atoms with Crippen LogP contribution in [-0.2, 0) is 4.79 Å². The Hall–Kier alpha value is -1.88. The van der Waals surface area contributed by atoms with Gasteiger partial charge >= 0.3 is 5.97 Å². The number of hydrogen-bond donors (Lipinski definition) is 1. The fraction of sp³-hybridized carbons (Fsp3) is 0.286. The van der Waals surface area contributed by atoms with Crippen LogP contribution in [0.15, 0.2) is 29.6 Å². The number of aliphatic carboxylic acids is 1. The molecule has 2 aromatic rings. The summed E-state index contributed by atoms with van der Waals surface area (Å²) in [5, 5.41) is 11.6. The molecule has 0 fully saturated rings. The quantitative estimate of drug-likeness (QED) is 0.934. The normalized spacial score (nSPS) is 12.3. The molecular formula is C14H15NO3S. The number of rotatable bonds is 4. The molecule has 1 aromatic heterocycles. The van der Waals surface area contributed by atoms with Gasteiger partial charge in [0.25, 0.3) is 5.91 Å². The van der Waals surface area contributed by atoms with E-state index in [9.17, 15) is 9.59 Å². The lowest BCUT2D eigenvalue weighted by molar-refractivity contribution is -0.141. The molecule has 4 nitrogen and oxygen atoms in total. The number of carboxylic acid groups (broad SMARTS) is 1. The van der Waals surface area contributed by atoms with Crippen LogP contribution >= 0.6 is 11.3 Å². The standard InChI is InChI=1S/C14H15NO3S/c1-9(14(17)18)7-15(2)13(16)11-8-19-12-6-4-3-5-10(11)12/h3-6,8-9H,7H2,1-2H3,(H,17,18). The summed E-state index contributed by atoms with van der Waals surface area (Å²) in [6.45, 7) is 1.80. The van der Waals surface area contributed by atoms with Crippen LogP contribution in [0.25, 0.3) is 10.1 Å². The number of amides is 1. The number of fused-ring (bicyclic) bond motifs is 1. The number of benzene rings is 1. The van der Waals surface area contributed by atoms with Crippen molar-refractivity contribution in [3.8, 4) is 0 Å². The van der Waals surface area contributed by atoms with Gasteiger partial charge in [-0.25, -0.2) is 0 Å². The van der Waals surface area contributed by atoms with Gasteiger partial charge in [0.05, 0.1) is 11.5 Å². The minimum absolute atomic E-state index is 0.134. The van der Waals surface area contributed by atoms with E-state index in [1.54, 1.807) is 14.0 Å². The second-order valence-electron chi connectivity index (χ2n) is 4.57. The minimum Gasteiger partial charge on any atom is -0.481 e. The fourth-order valence-electron chi connectivity index (χ4n) is 1.92. The molecule has 2 rings (SSSR count). The first-order chi connectivity index (χ1) is 9.00. The molecular weight excluding hydrogens is 262 g/mol. The zero-order chi connectivity index (χ0) is 14.0. The second kappa shape index (κ2) is 5.40. The Morgan fingerprint density at radius 2 is 2.05 bits per heavy atom. The number of carbonyl (C=O) groups excluding carboxylic acids is 1. The van der Waals surface area contributed by atoms with E-state index in [1.807, 2.05) is 29.6 Å². The van der Waals surface area contributed by atoms with Crippen LogP contribution in [0.5, 0.6) is 0 Å². The molecule has 1 amide bonds. The summed E-state index contributed by atoms with van der Waals surface area (Å²) in [6.07, 6.45) is 0. The van der Waals surface area contributed by atoms with Gasteiger partial charge in [-0.2, -0.15) is 0 Å². The number of thiophene rings is 1. The lowest BCUT2D eigenvalue weighted by atomic mass is 10.1. The lowest BCUT2D eigenvalue weighted by Crippen LogP contribution is -2.33. The molecule has 0 saturated carbocycles. The van der Waals surface area contributed by atoms with Crippen LogP contribution in [0.3, 0.4) is 0 Å². The fourth-order valence-corrected chi connectivity index (χ4v) is 2.86. The first-order valence-corrected chi connectivity index (χ1v) is 6.83. The van der Waals surface area contributed by atoms with Gasteiger partial charge in [-0.05, 0) is 6.07 Å². The maximum Gasteiger partial charge on any atom is 0.308 e. The molecule has 1 aromatic carbocycles. The van der Waals surface area contributed by atoms with E-state index in [-0.39, 0.29) is 12.5 Å². The number of carboxylic acids is 1. The average molecular weight is 277 g/mol. The summed E-state index contributed by atoms with van der Waals surface area (Å²) in [6, 6.07) is 7.71. The third-order valence-corrected chi connectivity index (χ3v) is 3.99. The van der Waals surface area contributed by atoms with Crippen molar-refractivity contribution in [2.24, 2.45) is 5.92 Å². The Labute approximate surface area is 115 Å². The number of nitrogens with zero attached hydrogens (tertiary/aromatic N) is 1. The highest BCUT2D eigenvalue weighted by molar-refractivity contribution is 7.17. The van der Waals surface area contributed by atoms with Gasteiger partial charge in [-0.3, -0.25) is 9.59 Å². The van der Waals surface area contributed by atoms with Crippen molar-refractivity contribution >= 4 is 33.3 Å². The van der Waals surface area contributed by atoms with E-state index in [4.69, 9.17) is 5.11 Å². The third-order valence-electron chi connectivity index (χ3n) is 3.03. The van der Waals surface area contributed by atoms with E-state index >= 15 is 0 Å².